The smallest absolute Gasteiger partial charge is 0.279 e. The Labute approximate surface area is 166 Å². The van der Waals surface area contributed by atoms with Gasteiger partial charge in [-0.25, -0.2) is 4.72 Å². The van der Waals surface area contributed by atoms with Crippen molar-refractivity contribution in [1.82, 2.24) is 14.0 Å². The van der Waals surface area contributed by atoms with Crippen LogP contribution in [0.4, 0.5) is 0 Å². The van der Waals surface area contributed by atoms with Gasteiger partial charge in [0.05, 0.1) is 0 Å². The first-order valence-corrected chi connectivity index (χ1v) is 11.3. The van der Waals surface area contributed by atoms with E-state index in [0.717, 1.165) is 34.9 Å². The summed E-state index contributed by atoms with van der Waals surface area (Å²) in [5, 5.41) is 1.13. The molecular formula is C22H27N3O2S. The summed E-state index contributed by atoms with van der Waals surface area (Å²) in [5.41, 5.74) is 3.27. The van der Waals surface area contributed by atoms with Crippen LogP contribution in [0.1, 0.15) is 36.8 Å². The topological polar surface area (TPSA) is 65.2 Å². The summed E-state index contributed by atoms with van der Waals surface area (Å²) >= 11 is 0. The van der Waals surface area contributed by atoms with Gasteiger partial charge in [-0.15, -0.1) is 0 Å². The zero-order valence-corrected chi connectivity index (χ0v) is 17.0. The van der Waals surface area contributed by atoms with E-state index in [1.807, 2.05) is 42.6 Å². The molecule has 1 atom stereocenters. The van der Waals surface area contributed by atoms with Gasteiger partial charge in [0.15, 0.2) is 0 Å². The first kappa shape index (κ1) is 19.2. The molecule has 1 aliphatic heterocycles. The lowest BCUT2D eigenvalue weighted by Gasteiger charge is -2.30. The van der Waals surface area contributed by atoms with Gasteiger partial charge < -0.3 is 4.98 Å². The SMILES string of the molecule is CC1CCN(S(=O)(=O)NC[C@H](c2ccccc2)c2c[nH]c3ccccc23)CC1. The number of para-hydroxylation sites is 1. The van der Waals surface area contributed by atoms with E-state index in [0.29, 0.717) is 25.6 Å². The molecule has 6 heteroatoms. The molecule has 28 heavy (non-hydrogen) atoms. The van der Waals surface area contributed by atoms with E-state index in [-0.39, 0.29) is 5.92 Å². The second-order valence-electron chi connectivity index (χ2n) is 7.69. The zero-order chi connectivity index (χ0) is 19.6. The summed E-state index contributed by atoms with van der Waals surface area (Å²) in [4.78, 5) is 3.32. The van der Waals surface area contributed by atoms with Crippen LogP contribution in [0.3, 0.4) is 0 Å². The molecule has 3 aromatic rings. The minimum absolute atomic E-state index is 0.0594. The van der Waals surface area contributed by atoms with Gasteiger partial charge in [0.2, 0.25) is 0 Å². The van der Waals surface area contributed by atoms with Crippen LogP contribution in [-0.4, -0.2) is 37.3 Å². The molecule has 0 spiro atoms. The van der Waals surface area contributed by atoms with Crippen molar-refractivity contribution in [3.05, 3.63) is 71.9 Å². The number of nitrogens with zero attached hydrogens (tertiary/aromatic N) is 1. The largest absolute Gasteiger partial charge is 0.361 e. The van der Waals surface area contributed by atoms with Gasteiger partial charge in [0.1, 0.15) is 0 Å². The number of aromatic amines is 1. The Morgan fingerprint density at radius 2 is 1.75 bits per heavy atom. The monoisotopic (exact) mass is 397 g/mol. The zero-order valence-electron chi connectivity index (χ0n) is 16.1. The Balaban J connectivity index is 1.60. The average Bonchev–Trinajstić information content (AvgIpc) is 3.13. The third kappa shape index (κ3) is 3.99. The van der Waals surface area contributed by atoms with Gasteiger partial charge in [0, 0.05) is 42.7 Å². The summed E-state index contributed by atoms with van der Waals surface area (Å²) in [7, 11) is -3.48. The quantitative estimate of drug-likeness (QED) is 0.663. The molecular weight excluding hydrogens is 370 g/mol. The number of piperidine rings is 1. The van der Waals surface area contributed by atoms with Crippen LogP contribution in [0.15, 0.2) is 60.8 Å². The lowest BCUT2D eigenvalue weighted by Crippen LogP contribution is -2.45. The van der Waals surface area contributed by atoms with Crippen molar-refractivity contribution in [3.8, 4) is 0 Å². The van der Waals surface area contributed by atoms with Crippen LogP contribution in [0.25, 0.3) is 10.9 Å². The summed E-state index contributed by atoms with van der Waals surface area (Å²) in [6, 6.07) is 18.2. The minimum atomic E-state index is -3.48. The third-order valence-electron chi connectivity index (χ3n) is 5.75. The van der Waals surface area contributed by atoms with Crippen LogP contribution in [-0.2, 0) is 10.2 Å². The summed E-state index contributed by atoms with van der Waals surface area (Å²) in [6.07, 6.45) is 3.84. The molecule has 2 N–H and O–H groups in total. The Hall–Kier alpha value is -2.15. The van der Waals surface area contributed by atoms with E-state index in [4.69, 9.17) is 0 Å². The van der Waals surface area contributed by atoms with E-state index in [9.17, 15) is 8.42 Å². The molecule has 1 aromatic heterocycles. The fourth-order valence-corrected chi connectivity index (χ4v) is 5.23. The predicted octanol–water partition coefficient (Wildman–Crippen LogP) is 3.87. The van der Waals surface area contributed by atoms with Crippen LogP contribution in [0.2, 0.25) is 0 Å². The minimum Gasteiger partial charge on any atom is -0.361 e. The van der Waals surface area contributed by atoms with E-state index >= 15 is 0 Å². The molecule has 1 saturated heterocycles. The van der Waals surface area contributed by atoms with Gasteiger partial charge in [-0.1, -0.05) is 55.5 Å². The molecule has 1 aliphatic rings. The fourth-order valence-electron chi connectivity index (χ4n) is 3.98. The lowest BCUT2D eigenvalue weighted by molar-refractivity contribution is 0.285. The molecule has 0 amide bonds. The van der Waals surface area contributed by atoms with Gasteiger partial charge in [0.25, 0.3) is 10.2 Å². The fraction of sp³-hybridized carbons (Fsp3) is 0.364. The molecule has 0 saturated carbocycles. The number of nitrogens with one attached hydrogen (secondary N) is 2. The first-order chi connectivity index (χ1) is 13.5. The van der Waals surface area contributed by atoms with E-state index < -0.39 is 10.2 Å². The van der Waals surface area contributed by atoms with Crippen molar-refractivity contribution in [1.29, 1.82) is 0 Å². The van der Waals surface area contributed by atoms with Crippen molar-refractivity contribution in [2.75, 3.05) is 19.6 Å². The lowest BCUT2D eigenvalue weighted by atomic mass is 9.91. The Bertz CT molecular complexity index is 1020. The number of aromatic nitrogens is 1. The van der Waals surface area contributed by atoms with Gasteiger partial charge >= 0.3 is 0 Å². The van der Waals surface area contributed by atoms with Crippen molar-refractivity contribution in [2.24, 2.45) is 5.92 Å². The average molecular weight is 398 g/mol. The molecule has 1 fully saturated rings. The molecule has 0 aliphatic carbocycles. The maximum Gasteiger partial charge on any atom is 0.279 e. The maximum atomic E-state index is 12.9. The number of H-pyrrole nitrogens is 1. The molecule has 4 rings (SSSR count). The van der Waals surface area contributed by atoms with Gasteiger partial charge in [-0.3, -0.25) is 0 Å². The predicted molar refractivity (Wildman–Crippen MR) is 113 cm³/mol. The van der Waals surface area contributed by atoms with Crippen LogP contribution >= 0.6 is 0 Å². The highest BCUT2D eigenvalue weighted by Crippen LogP contribution is 2.30. The Kier molecular flexibility index (Phi) is 5.53. The first-order valence-electron chi connectivity index (χ1n) is 9.90. The van der Waals surface area contributed by atoms with Crippen LogP contribution in [0, 0.1) is 5.92 Å². The van der Waals surface area contributed by atoms with Gasteiger partial charge in [-0.05, 0) is 36.0 Å². The number of hydrogen-bond donors (Lipinski definition) is 2. The Morgan fingerprint density at radius 3 is 2.50 bits per heavy atom. The summed E-state index contributed by atoms with van der Waals surface area (Å²) < 4.78 is 30.2. The molecule has 5 nitrogen and oxygen atoms in total. The van der Waals surface area contributed by atoms with E-state index in [1.54, 1.807) is 4.31 Å². The normalized spacial score (nSPS) is 17.8. The third-order valence-corrected chi connectivity index (χ3v) is 7.33. The molecule has 0 bridgehead atoms. The molecule has 0 radical (unpaired) electrons. The Morgan fingerprint density at radius 1 is 1.07 bits per heavy atom. The highest BCUT2D eigenvalue weighted by Gasteiger charge is 2.28. The van der Waals surface area contributed by atoms with Crippen molar-refractivity contribution in [3.63, 3.8) is 0 Å². The van der Waals surface area contributed by atoms with E-state index in [2.05, 4.69) is 34.8 Å². The molecule has 2 heterocycles. The van der Waals surface area contributed by atoms with Crippen molar-refractivity contribution < 1.29 is 8.42 Å². The number of benzene rings is 2. The van der Waals surface area contributed by atoms with Gasteiger partial charge in [-0.2, -0.15) is 12.7 Å². The molecule has 148 valence electrons. The standard InChI is InChI=1S/C22H27N3O2S/c1-17-11-13-25(14-12-17)28(26,27)24-16-20(18-7-3-2-4-8-18)21-15-23-22-10-6-5-9-19(21)22/h2-10,15,17,20,23-24H,11-14,16H2,1H3/t20-/m1/s1. The summed E-state index contributed by atoms with van der Waals surface area (Å²) in [6.45, 7) is 3.71. The maximum absolute atomic E-state index is 12.9. The second-order valence-corrected chi connectivity index (χ2v) is 9.44. The highest BCUT2D eigenvalue weighted by molar-refractivity contribution is 7.87. The number of hydrogen-bond acceptors (Lipinski definition) is 2. The van der Waals surface area contributed by atoms with Crippen LogP contribution < -0.4 is 4.72 Å². The highest BCUT2D eigenvalue weighted by atomic mass is 32.2. The van der Waals surface area contributed by atoms with Crippen LogP contribution in [0.5, 0.6) is 0 Å². The van der Waals surface area contributed by atoms with Crippen molar-refractivity contribution in [2.45, 2.75) is 25.7 Å². The number of rotatable bonds is 6. The summed E-state index contributed by atoms with van der Waals surface area (Å²) in [5.74, 6) is 0.533. The molecule has 0 unspecified atom stereocenters. The second kappa shape index (κ2) is 8.07. The van der Waals surface area contributed by atoms with E-state index in [1.165, 1.54) is 0 Å². The molecule has 2 aromatic carbocycles. The van der Waals surface area contributed by atoms with Crippen molar-refractivity contribution >= 4 is 21.1 Å². The number of fused-ring (bicyclic) bond motifs is 1.